The summed E-state index contributed by atoms with van der Waals surface area (Å²) in [5, 5.41) is 18.2. The first-order chi connectivity index (χ1) is 7.67. The van der Waals surface area contributed by atoms with Crippen LogP contribution in [-0.2, 0) is 6.61 Å². The van der Waals surface area contributed by atoms with Crippen LogP contribution in [0.3, 0.4) is 0 Å². The van der Waals surface area contributed by atoms with Crippen molar-refractivity contribution >= 4 is 0 Å². The molecule has 0 spiro atoms. The van der Waals surface area contributed by atoms with Gasteiger partial charge in [0, 0.05) is 0 Å². The summed E-state index contributed by atoms with van der Waals surface area (Å²) in [7, 11) is 3.04. The number of nitrogens with two attached hydrogens (primary N) is 1. The lowest BCUT2D eigenvalue weighted by molar-refractivity contribution is 0.257. The molecule has 1 atom stereocenters. The highest BCUT2D eigenvalue weighted by Gasteiger charge is 2.15. The van der Waals surface area contributed by atoms with Gasteiger partial charge in [-0.2, -0.15) is 0 Å². The predicted molar refractivity (Wildman–Crippen MR) is 59.5 cm³/mol. The molecule has 0 saturated carbocycles. The van der Waals surface area contributed by atoms with E-state index in [-0.39, 0.29) is 13.2 Å². The van der Waals surface area contributed by atoms with Crippen LogP contribution in [0.5, 0.6) is 11.5 Å². The number of ether oxygens (including phenoxy) is 2. The average molecular weight is 227 g/mol. The zero-order chi connectivity index (χ0) is 12.1. The largest absolute Gasteiger partial charge is 0.493 e. The van der Waals surface area contributed by atoms with E-state index in [4.69, 9.17) is 20.3 Å². The van der Waals surface area contributed by atoms with Crippen molar-refractivity contribution in [2.75, 3.05) is 20.8 Å². The van der Waals surface area contributed by atoms with Crippen LogP contribution in [0.2, 0.25) is 0 Å². The Morgan fingerprint density at radius 2 is 1.75 bits per heavy atom. The van der Waals surface area contributed by atoms with E-state index in [2.05, 4.69) is 0 Å². The average Bonchev–Trinajstić information content (AvgIpc) is 2.35. The Hall–Kier alpha value is -1.30. The van der Waals surface area contributed by atoms with Gasteiger partial charge < -0.3 is 25.4 Å². The molecule has 0 radical (unpaired) electrons. The molecule has 0 saturated heterocycles. The van der Waals surface area contributed by atoms with Gasteiger partial charge in [0.05, 0.1) is 33.5 Å². The van der Waals surface area contributed by atoms with Gasteiger partial charge in [0.25, 0.3) is 0 Å². The molecule has 1 aromatic carbocycles. The number of methoxy groups -OCH3 is 2. The van der Waals surface area contributed by atoms with Gasteiger partial charge >= 0.3 is 0 Å². The number of aliphatic hydroxyl groups is 2. The lowest BCUT2D eigenvalue weighted by atomic mass is 10.0. The summed E-state index contributed by atoms with van der Waals surface area (Å²) in [6.45, 7) is -0.355. The van der Waals surface area contributed by atoms with Crippen LogP contribution < -0.4 is 15.2 Å². The van der Waals surface area contributed by atoms with Gasteiger partial charge in [0.2, 0.25) is 0 Å². The van der Waals surface area contributed by atoms with Gasteiger partial charge in [-0.3, -0.25) is 0 Å². The topological polar surface area (TPSA) is 84.9 Å². The molecule has 0 aliphatic rings. The number of aliphatic hydroxyl groups excluding tert-OH is 2. The molecule has 16 heavy (non-hydrogen) atoms. The molecule has 5 heteroatoms. The lowest BCUT2D eigenvalue weighted by Crippen LogP contribution is -2.17. The first kappa shape index (κ1) is 12.8. The maximum absolute atomic E-state index is 9.21. The molecule has 1 rings (SSSR count). The van der Waals surface area contributed by atoms with Crippen LogP contribution in [0.1, 0.15) is 17.2 Å². The molecule has 0 aliphatic carbocycles. The van der Waals surface area contributed by atoms with Gasteiger partial charge in [0.1, 0.15) is 0 Å². The van der Waals surface area contributed by atoms with Gasteiger partial charge in [-0.25, -0.2) is 0 Å². The highest BCUT2D eigenvalue weighted by Crippen LogP contribution is 2.32. The second kappa shape index (κ2) is 5.69. The molecule has 0 aromatic heterocycles. The van der Waals surface area contributed by atoms with Crippen molar-refractivity contribution in [1.29, 1.82) is 0 Å². The molecular formula is C11H17NO4. The van der Waals surface area contributed by atoms with E-state index >= 15 is 0 Å². The van der Waals surface area contributed by atoms with E-state index in [9.17, 15) is 5.11 Å². The summed E-state index contributed by atoms with van der Waals surface area (Å²) in [6.07, 6.45) is 0. The van der Waals surface area contributed by atoms with Gasteiger partial charge in [0.15, 0.2) is 11.5 Å². The Morgan fingerprint density at radius 3 is 2.19 bits per heavy atom. The Bertz CT molecular complexity index is 354. The summed E-state index contributed by atoms with van der Waals surface area (Å²) in [6, 6.07) is 2.79. The zero-order valence-corrected chi connectivity index (χ0v) is 9.43. The van der Waals surface area contributed by atoms with E-state index in [1.807, 2.05) is 0 Å². The van der Waals surface area contributed by atoms with E-state index in [0.717, 1.165) is 0 Å². The van der Waals surface area contributed by atoms with Crippen molar-refractivity contribution in [1.82, 2.24) is 0 Å². The highest BCUT2D eigenvalue weighted by atomic mass is 16.5. The Labute approximate surface area is 94.4 Å². The van der Waals surface area contributed by atoms with Crippen LogP contribution >= 0.6 is 0 Å². The first-order valence-electron chi connectivity index (χ1n) is 4.90. The van der Waals surface area contributed by atoms with E-state index in [1.165, 1.54) is 14.2 Å². The smallest absolute Gasteiger partial charge is 0.161 e. The van der Waals surface area contributed by atoms with Gasteiger partial charge in [-0.15, -0.1) is 0 Å². The molecule has 1 aromatic rings. The monoisotopic (exact) mass is 227 g/mol. The third-order valence-corrected chi connectivity index (χ3v) is 2.41. The lowest BCUT2D eigenvalue weighted by Gasteiger charge is -2.17. The summed E-state index contributed by atoms with van der Waals surface area (Å²) >= 11 is 0. The van der Waals surface area contributed by atoms with E-state index in [1.54, 1.807) is 12.1 Å². The summed E-state index contributed by atoms with van der Waals surface area (Å²) < 4.78 is 10.2. The Balaban J connectivity index is 3.25. The number of benzene rings is 1. The summed E-state index contributed by atoms with van der Waals surface area (Å²) in [4.78, 5) is 0. The minimum absolute atomic E-state index is 0.163. The van der Waals surface area contributed by atoms with E-state index in [0.29, 0.717) is 22.6 Å². The molecule has 4 N–H and O–H groups in total. The van der Waals surface area contributed by atoms with Crippen LogP contribution in [-0.4, -0.2) is 31.0 Å². The van der Waals surface area contributed by atoms with Crippen molar-refractivity contribution in [2.45, 2.75) is 12.6 Å². The fraction of sp³-hybridized carbons (Fsp3) is 0.455. The molecule has 0 aliphatic heterocycles. The molecule has 5 nitrogen and oxygen atoms in total. The molecule has 0 amide bonds. The summed E-state index contributed by atoms with van der Waals surface area (Å²) in [5.41, 5.74) is 7.01. The second-order valence-corrected chi connectivity index (χ2v) is 3.35. The van der Waals surface area contributed by atoms with Crippen molar-refractivity contribution in [3.63, 3.8) is 0 Å². The minimum atomic E-state index is -0.540. The third kappa shape index (κ3) is 2.44. The van der Waals surface area contributed by atoms with Crippen LogP contribution in [0, 0.1) is 0 Å². The maximum Gasteiger partial charge on any atom is 0.161 e. The van der Waals surface area contributed by atoms with Crippen LogP contribution in [0.4, 0.5) is 0 Å². The predicted octanol–water partition coefficient (Wildman–Crippen LogP) is 0.188. The molecule has 90 valence electrons. The molecule has 0 fully saturated rings. The van der Waals surface area contributed by atoms with Crippen LogP contribution in [0.25, 0.3) is 0 Å². The highest BCUT2D eigenvalue weighted by molar-refractivity contribution is 5.48. The molecule has 0 bridgehead atoms. The standard InChI is InChI=1S/C11H17NO4/c1-15-10-3-7(5-13)8(9(12)6-14)4-11(10)16-2/h3-4,9,13-14H,5-6,12H2,1-2H3/t9-/m1/s1. The first-order valence-corrected chi connectivity index (χ1v) is 4.90. The second-order valence-electron chi connectivity index (χ2n) is 3.35. The fourth-order valence-electron chi connectivity index (χ4n) is 1.52. The molecule has 0 unspecified atom stereocenters. The summed E-state index contributed by atoms with van der Waals surface area (Å²) in [5.74, 6) is 1.05. The third-order valence-electron chi connectivity index (χ3n) is 2.41. The quantitative estimate of drug-likeness (QED) is 0.668. The van der Waals surface area contributed by atoms with Gasteiger partial charge in [-0.1, -0.05) is 0 Å². The van der Waals surface area contributed by atoms with Crippen molar-refractivity contribution in [2.24, 2.45) is 5.73 Å². The van der Waals surface area contributed by atoms with Crippen molar-refractivity contribution in [3.8, 4) is 11.5 Å². The van der Waals surface area contributed by atoms with Crippen molar-refractivity contribution in [3.05, 3.63) is 23.3 Å². The Morgan fingerprint density at radius 1 is 1.19 bits per heavy atom. The zero-order valence-electron chi connectivity index (χ0n) is 9.43. The molecular weight excluding hydrogens is 210 g/mol. The number of rotatable bonds is 5. The normalized spacial score (nSPS) is 12.3. The van der Waals surface area contributed by atoms with E-state index < -0.39 is 6.04 Å². The van der Waals surface area contributed by atoms with Crippen LogP contribution in [0.15, 0.2) is 12.1 Å². The number of hydrogen-bond acceptors (Lipinski definition) is 5. The molecule has 0 heterocycles. The van der Waals surface area contributed by atoms with Gasteiger partial charge in [-0.05, 0) is 23.3 Å². The maximum atomic E-state index is 9.21. The van der Waals surface area contributed by atoms with Crippen molar-refractivity contribution < 1.29 is 19.7 Å². The fourth-order valence-corrected chi connectivity index (χ4v) is 1.52. The SMILES string of the molecule is COc1cc(CO)c([C@H](N)CO)cc1OC. The minimum Gasteiger partial charge on any atom is -0.493 e. The number of hydrogen-bond donors (Lipinski definition) is 3. The Kier molecular flexibility index (Phi) is 4.54.